The highest BCUT2D eigenvalue weighted by molar-refractivity contribution is 9.10. The summed E-state index contributed by atoms with van der Waals surface area (Å²) in [6, 6.07) is 7.04. The maximum Gasteiger partial charge on any atom is 0.272 e. The van der Waals surface area contributed by atoms with Crippen LogP contribution in [0.5, 0.6) is 0 Å². The van der Waals surface area contributed by atoms with E-state index in [9.17, 15) is 9.59 Å². The first-order valence-corrected chi connectivity index (χ1v) is 7.40. The van der Waals surface area contributed by atoms with Gasteiger partial charge in [-0.05, 0) is 47.5 Å². The molecular formula is C15H13BrN4O2. The van der Waals surface area contributed by atoms with Gasteiger partial charge in [0.2, 0.25) is 0 Å². The zero-order chi connectivity index (χ0) is 15.9. The number of aromatic nitrogens is 3. The summed E-state index contributed by atoms with van der Waals surface area (Å²) in [6.07, 6.45) is 1.47. The molecule has 2 N–H and O–H groups in total. The molecule has 0 aliphatic heterocycles. The molecule has 7 heteroatoms. The molecule has 6 nitrogen and oxygen atoms in total. The highest BCUT2D eigenvalue weighted by Gasteiger charge is 2.16. The smallest absolute Gasteiger partial charge is 0.272 e. The molecule has 1 aromatic carbocycles. The number of amides is 1. The van der Waals surface area contributed by atoms with Crippen LogP contribution in [-0.4, -0.2) is 20.5 Å². The second-order valence-electron chi connectivity index (χ2n) is 5.02. The summed E-state index contributed by atoms with van der Waals surface area (Å²) in [5.41, 5.74) is 2.68. The van der Waals surface area contributed by atoms with Gasteiger partial charge < -0.3 is 5.32 Å². The van der Waals surface area contributed by atoms with Crippen molar-refractivity contribution in [1.29, 1.82) is 0 Å². The number of benzene rings is 1. The topological polar surface area (TPSA) is 79.3 Å². The fourth-order valence-corrected chi connectivity index (χ4v) is 2.77. The Hall–Kier alpha value is -2.41. The molecule has 112 valence electrons. The van der Waals surface area contributed by atoms with Crippen molar-refractivity contribution >= 4 is 33.2 Å². The Morgan fingerprint density at radius 2 is 2.09 bits per heavy atom. The molecular weight excluding hydrogens is 348 g/mol. The number of carbonyl (C=O) groups is 1. The summed E-state index contributed by atoms with van der Waals surface area (Å²) in [5.74, 6) is -0.333. The molecule has 0 spiro atoms. The van der Waals surface area contributed by atoms with Gasteiger partial charge in [0.1, 0.15) is 5.56 Å². The van der Waals surface area contributed by atoms with Crippen molar-refractivity contribution in [2.75, 3.05) is 5.32 Å². The van der Waals surface area contributed by atoms with Crippen molar-refractivity contribution < 1.29 is 4.79 Å². The van der Waals surface area contributed by atoms with Gasteiger partial charge in [0, 0.05) is 22.4 Å². The van der Waals surface area contributed by atoms with Crippen LogP contribution in [-0.2, 0) is 0 Å². The van der Waals surface area contributed by atoms with Crippen LogP contribution in [0, 0.1) is 13.8 Å². The summed E-state index contributed by atoms with van der Waals surface area (Å²) in [7, 11) is 0. The molecule has 0 saturated heterocycles. The van der Waals surface area contributed by atoms with Crippen LogP contribution in [0.2, 0.25) is 0 Å². The molecule has 0 unspecified atom stereocenters. The van der Waals surface area contributed by atoms with Gasteiger partial charge in [0.05, 0.1) is 5.69 Å². The zero-order valence-electron chi connectivity index (χ0n) is 12.0. The van der Waals surface area contributed by atoms with Crippen molar-refractivity contribution in [2.24, 2.45) is 0 Å². The lowest BCUT2D eigenvalue weighted by Gasteiger charge is -2.07. The third-order valence-corrected chi connectivity index (χ3v) is 3.90. The Kier molecular flexibility index (Phi) is 3.58. The van der Waals surface area contributed by atoms with Gasteiger partial charge in [-0.3, -0.25) is 14.7 Å². The molecule has 0 saturated carbocycles. The van der Waals surface area contributed by atoms with Crippen molar-refractivity contribution in [2.45, 2.75) is 13.8 Å². The first-order valence-electron chi connectivity index (χ1n) is 6.61. The van der Waals surface area contributed by atoms with Crippen molar-refractivity contribution in [3.8, 4) is 0 Å². The average Bonchev–Trinajstić information content (AvgIpc) is 2.86. The maximum absolute atomic E-state index is 12.4. The number of H-pyrrole nitrogens is 1. The quantitative estimate of drug-likeness (QED) is 0.737. The second kappa shape index (κ2) is 5.42. The Morgan fingerprint density at radius 1 is 1.32 bits per heavy atom. The van der Waals surface area contributed by atoms with Gasteiger partial charge in [-0.15, -0.1) is 0 Å². The molecule has 0 atom stereocenters. The van der Waals surface area contributed by atoms with Crippen LogP contribution in [0.15, 0.2) is 39.7 Å². The number of aryl methyl sites for hydroxylation is 2. The van der Waals surface area contributed by atoms with E-state index < -0.39 is 0 Å². The summed E-state index contributed by atoms with van der Waals surface area (Å²) < 4.78 is 2.04. The standard InChI is InChI=1S/C15H13BrN4O2/c1-8-3-4-12(11(16)5-8)19-15(22)10-7-17-20-13(21)6-9(2)18-14(10)20/h3-7,17H,1-2H3,(H,19,22). The van der Waals surface area contributed by atoms with Crippen LogP contribution in [0.3, 0.4) is 0 Å². The van der Waals surface area contributed by atoms with E-state index in [0.29, 0.717) is 22.6 Å². The largest absolute Gasteiger partial charge is 0.321 e. The first-order chi connectivity index (χ1) is 10.5. The summed E-state index contributed by atoms with van der Waals surface area (Å²) in [4.78, 5) is 28.5. The summed E-state index contributed by atoms with van der Waals surface area (Å²) >= 11 is 3.42. The molecule has 0 radical (unpaired) electrons. The number of nitrogens with zero attached hydrogens (tertiary/aromatic N) is 2. The van der Waals surface area contributed by atoms with E-state index in [1.54, 1.807) is 6.92 Å². The molecule has 3 aromatic rings. The minimum atomic E-state index is -0.333. The zero-order valence-corrected chi connectivity index (χ0v) is 13.6. The minimum absolute atomic E-state index is 0.252. The molecule has 22 heavy (non-hydrogen) atoms. The first kappa shape index (κ1) is 14.5. The third kappa shape index (κ3) is 2.55. The number of halogens is 1. The van der Waals surface area contributed by atoms with Gasteiger partial charge in [-0.1, -0.05) is 6.07 Å². The number of hydrogen-bond acceptors (Lipinski definition) is 3. The van der Waals surface area contributed by atoms with E-state index in [1.807, 2.05) is 25.1 Å². The van der Waals surface area contributed by atoms with Crippen LogP contribution in [0.4, 0.5) is 5.69 Å². The Morgan fingerprint density at radius 3 is 2.82 bits per heavy atom. The molecule has 0 aliphatic carbocycles. The summed E-state index contributed by atoms with van der Waals surface area (Å²) in [6.45, 7) is 3.68. The summed E-state index contributed by atoms with van der Waals surface area (Å²) in [5, 5.41) is 5.55. The highest BCUT2D eigenvalue weighted by Crippen LogP contribution is 2.24. The minimum Gasteiger partial charge on any atom is -0.321 e. The lowest BCUT2D eigenvalue weighted by Crippen LogP contribution is -2.17. The molecule has 0 aliphatic rings. The molecule has 2 aromatic heterocycles. The Bertz CT molecular complexity index is 942. The average molecular weight is 361 g/mol. The van der Waals surface area contributed by atoms with Crippen LogP contribution in [0.25, 0.3) is 5.65 Å². The molecule has 0 fully saturated rings. The lowest BCUT2D eigenvalue weighted by atomic mass is 10.2. The van der Waals surface area contributed by atoms with E-state index >= 15 is 0 Å². The van der Waals surface area contributed by atoms with Crippen LogP contribution < -0.4 is 10.9 Å². The predicted molar refractivity (Wildman–Crippen MR) is 87.4 cm³/mol. The van der Waals surface area contributed by atoms with E-state index in [-0.39, 0.29) is 11.5 Å². The van der Waals surface area contributed by atoms with Gasteiger partial charge in [0.25, 0.3) is 11.5 Å². The van der Waals surface area contributed by atoms with E-state index in [2.05, 4.69) is 31.3 Å². The third-order valence-electron chi connectivity index (χ3n) is 3.24. The number of nitrogens with one attached hydrogen (secondary N) is 2. The lowest BCUT2D eigenvalue weighted by molar-refractivity contribution is 0.102. The van der Waals surface area contributed by atoms with Gasteiger partial charge in [-0.2, -0.15) is 0 Å². The normalized spacial score (nSPS) is 10.9. The van der Waals surface area contributed by atoms with Crippen molar-refractivity contribution in [1.82, 2.24) is 14.6 Å². The molecule has 1 amide bonds. The predicted octanol–water partition coefficient (Wildman–Crippen LogP) is 2.65. The maximum atomic E-state index is 12.4. The van der Waals surface area contributed by atoms with E-state index in [1.165, 1.54) is 16.8 Å². The van der Waals surface area contributed by atoms with Crippen LogP contribution >= 0.6 is 15.9 Å². The fraction of sp³-hybridized carbons (Fsp3) is 0.133. The Labute approximate surface area is 134 Å². The second-order valence-corrected chi connectivity index (χ2v) is 5.87. The number of aromatic amines is 1. The highest BCUT2D eigenvalue weighted by atomic mass is 79.9. The molecule has 0 bridgehead atoms. The van der Waals surface area contributed by atoms with Crippen molar-refractivity contribution in [3.63, 3.8) is 0 Å². The number of carbonyl (C=O) groups excluding carboxylic acids is 1. The van der Waals surface area contributed by atoms with Gasteiger partial charge >= 0.3 is 0 Å². The van der Waals surface area contributed by atoms with E-state index in [0.717, 1.165) is 10.0 Å². The SMILES string of the molecule is Cc1ccc(NC(=O)c2c[nH]n3c(=O)cc(C)nc23)c(Br)c1. The van der Waals surface area contributed by atoms with E-state index in [4.69, 9.17) is 0 Å². The number of rotatable bonds is 2. The number of anilines is 1. The van der Waals surface area contributed by atoms with Gasteiger partial charge in [-0.25, -0.2) is 9.50 Å². The number of fused-ring (bicyclic) bond motifs is 1. The van der Waals surface area contributed by atoms with Crippen LogP contribution in [0.1, 0.15) is 21.6 Å². The number of hydrogen-bond donors (Lipinski definition) is 2. The Balaban J connectivity index is 2.01. The van der Waals surface area contributed by atoms with Crippen molar-refractivity contribution in [3.05, 3.63) is 62.1 Å². The monoisotopic (exact) mass is 360 g/mol. The molecule has 3 rings (SSSR count). The fourth-order valence-electron chi connectivity index (χ4n) is 2.17. The van der Waals surface area contributed by atoms with Gasteiger partial charge in [0.15, 0.2) is 5.65 Å². The molecule has 2 heterocycles.